The van der Waals surface area contributed by atoms with E-state index in [9.17, 15) is 8.42 Å². The van der Waals surface area contributed by atoms with Gasteiger partial charge in [0.15, 0.2) is 0 Å². The molecule has 0 radical (unpaired) electrons. The molecule has 0 aliphatic carbocycles. The lowest BCUT2D eigenvalue weighted by atomic mass is 10.0. The van der Waals surface area contributed by atoms with Gasteiger partial charge in [-0.3, -0.25) is 4.90 Å². The zero-order valence-corrected chi connectivity index (χ0v) is 18.5. The van der Waals surface area contributed by atoms with Crippen LogP contribution < -0.4 is 9.62 Å². The van der Waals surface area contributed by atoms with Gasteiger partial charge in [-0.2, -0.15) is 0 Å². The van der Waals surface area contributed by atoms with Crippen LogP contribution in [-0.4, -0.2) is 60.3 Å². The topological polar surface area (TPSA) is 61.9 Å². The lowest BCUT2D eigenvalue weighted by Crippen LogP contribution is -2.43. The van der Waals surface area contributed by atoms with Gasteiger partial charge in [-0.05, 0) is 42.0 Å². The zero-order chi connectivity index (χ0) is 20.1. The van der Waals surface area contributed by atoms with E-state index in [1.807, 2.05) is 19.0 Å². The van der Waals surface area contributed by atoms with Crippen molar-refractivity contribution in [3.8, 4) is 0 Å². The number of nitrogens with zero attached hydrogens (tertiary/aromatic N) is 2. The molecule has 6 nitrogen and oxygen atoms in total. The van der Waals surface area contributed by atoms with E-state index in [2.05, 4.69) is 49.8 Å². The van der Waals surface area contributed by atoms with E-state index >= 15 is 0 Å². The maximum Gasteiger partial charge on any atom is 0.240 e. The standard InChI is InChI=1S/C20H26BrN3O3S/c1-23(2)18-7-3-16(4-8-18)20(24-11-13-27-14-12-24)15-22-28(25,26)19-9-5-17(21)6-10-19/h3-10,20,22H,11-15H2,1-2H3. The van der Waals surface area contributed by atoms with Gasteiger partial charge in [-0.1, -0.05) is 28.1 Å². The summed E-state index contributed by atoms with van der Waals surface area (Å²) in [5.41, 5.74) is 2.20. The molecule has 0 aromatic heterocycles. The SMILES string of the molecule is CN(C)c1ccc(C(CNS(=O)(=O)c2ccc(Br)cc2)N2CCOCC2)cc1. The first-order chi connectivity index (χ1) is 13.4. The van der Waals surface area contributed by atoms with Crippen molar-refractivity contribution in [2.24, 2.45) is 0 Å². The number of nitrogens with one attached hydrogen (secondary N) is 1. The minimum atomic E-state index is -3.58. The van der Waals surface area contributed by atoms with Crippen molar-refractivity contribution in [1.82, 2.24) is 9.62 Å². The van der Waals surface area contributed by atoms with Gasteiger partial charge in [0.05, 0.1) is 18.1 Å². The Labute approximate surface area is 175 Å². The lowest BCUT2D eigenvalue weighted by Gasteiger charge is -2.35. The van der Waals surface area contributed by atoms with Crippen molar-refractivity contribution < 1.29 is 13.2 Å². The third kappa shape index (κ3) is 5.33. The van der Waals surface area contributed by atoms with E-state index in [-0.39, 0.29) is 10.9 Å². The van der Waals surface area contributed by atoms with E-state index in [4.69, 9.17) is 4.74 Å². The van der Waals surface area contributed by atoms with Crippen molar-refractivity contribution in [3.63, 3.8) is 0 Å². The fraction of sp³-hybridized carbons (Fsp3) is 0.400. The van der Waals surface area contributed by atoms with E-state index in [0.29, 0.717) is 19.8 Å². The van der Waals surface area contributed by atoms with Gasteiger partial charge in [-0.25, -0.2) is 13.1 Å². The molecule has 0 spiro atoms. The normalized spacial score (nSPS) is 16.7. The molecule has 1 heterocycles. The predicted molar refractivity (Wildman–Crippen MR) is 115 cm³/mol. The van der Waals surface area contributed by atoms with E-state index < -0.39 is 10.0 Å². The summed E-state index contributed by atoms with van der Waals surface area (Å²) in [6.45, 7) is 3.18. The van der Waals surface area contributed by atoms with Crippen LogP contribution in [0.2, 0.25) is 0 Å². The molecule has 1 N–H and O–H groups in total. The molecular formula is C20H26BrN3O3S. The van der Waals surface area contributed by atoms with Crippen LogP contribution in [0.1, 0.15) is 11.6 Å². The molecule has 0 amide bonds. The first-order valence-electron chi connectivity index (χ1n) is 9.21. The number of hydrogen-bond donors (Lipinski definition) is 1. The van der Waals surface area contributed by atoms with Crippen LogP contribution in [0.15, 0.2) is 57.9 Å². The number of benzene rings is 2. The number of halogens is 1. The molecule has 1 fully saturated rings. The molecule has 28 heavy (non-hydrogen) atoms. The van der Waals surface area contributed by atoms with Crippen LogP contribution in [0.4, 0.5) is 5.69 Å². The molecule has 1 atom stereocenters. The highest BCUT2D eigenvalue weighted by Gasteiger charge is 2.25. The average molecular weight is 468 g/mol. The second-order valence-corrected chi connectivity index (χ2v) is 9.64. The van der Waals surface area contributed by atoms with Crippen LogP contribution in [-0.2, 0) is 14.8 Å². The second kappa shape index (κ2) is 9.37. The van der Waals surface area contributed by atoms with Crippen molar-refractivity contribution in [1.29, 1.82) is 0 Å². The fourth-order valence-corrected chi connectivity index (χ4v) is 4.53. The minimum Gasteiger partial charge on any atom is -0.379 e. The molecule has 0 bridgehead atoms. The largest absolute Gasteiger partial charge is 0.379 e. The van der Waals surface area contributed by atoms with Crippen LogP contribution in [0.3, 0.4) is 0 Å². The minimum absolute atomic E-state index is 0.0506. The Balaban J connectivity index is 1.79. The Morgan fingerprint density at radius 2 is 1.68 bits per heavy atom. The van der Waals surface area contributed by atoms with E-state index in [0.717, 1.165) is 28.8 Å². The van der Waals surface area contributed by atoms with Crippen molar-refractivity contribution in [3.05, 3.63) is 58.6 Å². The summed E-state index contributed by atoms with van der Waals surface area (Å²) in [5, 5.41) is 0. The van der Waals surface area contributed by atoms with Gasteiger partial charge in [-0.15, -0.1) is 0 Å². The molecule has 1 aliphatic rings. The predicted octanol–water partition coefficient (Wildman–Crippen LogP) is 2.87. The number of anilines is 1. The monoisotopic (exact) mass is 467 g/mol. The maximum atomic E-state index is 12.7. The van der Waals surface area contributed by atoms with Crippen molar-refractivity contribution in [2.45, 2.75) is 10.9 Å². The van der Waals surface area contributed by atoms with Gasteiger partial charge >= 0.3 is 0 Å². The third-order valence-corrected chi connectivity index (χ3v) is 6.84. The lowest BCUT2D eigenvalue weighted by molar-refractivity contribution is 0.0172. The fourth-order valence-electron chi connectivity index (χ4n) is 3.23. The van der Waals surface area contributed by atoms with Crippen molar-refractivity contribution >= 4 is 31.6 Å². The molecule has 152 valence electrons. The molecule has 2 aromatic carbocycles. The summed E-state index contributed by atoms with van der Waals surface area (Å²) in [4.78, 5) is 4.58. The van der Waals surface area contributed by atoms with Gasteiger partial charge in [0.2, 0.25) is 10.0 Å². The van der Waals surface area contributed by atoms with Crippen LogP contribution in [0.5, 0.6) is 0 Å². The second-order valence-electron chi connectivity index (χ2n) is 6.96. The third-order valence-electron chi connectivity index (χ3n) is 4.87. The molecule has 1 unspecified atom stereocenters. The number of ether oxygens (including phenoxy) is 1. The molecule has 1 aliphatic heterocycles. The number of morpholine rings is 1. The van der Waals surface area contributed by atoms with Crippen LogP contribution >= 0.6 is 15.9 Å². The molecule has 0 saturated carbocycles. The summed E-state index contributed by atoms with van der Waals surface area (Å²) < 4.78 is 34.6. The highest BCUT2D eigenvalue weighted by atomic mass is 79.9. The summed E-state index contributed by atoms with van der Waals surface area (Å²) in [7, 11) is 0.424. The highest BCUT2D eigenvalue weighted by Crippen LogP contribution is 2.24. The van der Waals surface area contributed by atoms with Gasteiger partial charge < -0.3 is 9.64 Å². The molecule has 8 heteroatoms. The summed E-state index contributed by atoms with van der Waals surface area (Å²) in [6.07, 6.45) is 0. The van der Waals surface area contributed by atoms with Crippen molar-refractivity contribution in [2.75, 3.05) is 51.8 Å². The number of rotatable bonds is 7. The molecule has 3 rings (SSSR count). The van der Waals surface area contributed by atoms with E-state index in [1.165, 1.54) is 0 Å². The Kier molecular flexibility index (Phi) is 7.11. The smallest absolute Gasteiger partial charge is 0.240 e. The maximum absolute atomic E-state index is 12.7. The van der Waals surface area contributed by atoms with Crippen LogP contribution in [0.25, 0.3) is 0 Å². The molecule has 2 aromatic rings. The van der Waals surface area contributed by atoms with Crippen LogP contribution in [0, 0.1) is 0 Å². The van der Waals surface area contributed by atoms with Gasteiger partial charge in [0.1, 0.15) is 0 Å². The Morgan fingerprint density at radius 1 is 1.07 bits per heavy atom. The Morgan fingerprint density at radius 3 is 2.25 bits per heavy atom. The Hall–Kier alpha value is -1.45. The highest BCUT2D eigenvalue weighted by molar-refractivity contribution is 9.10. The number of sulfonamides is 1. The molecular weight excluding hydrogens is 442 g/mol. The summed E-state index contributed by atoms with van der Waals surface area (Å²) in [6, 6.07) is 14.9. The number of hydrogen-bond acceptors (Lipinski definition) is 5. The summed E-state index contributed by atoms with van der Waals surface area (Å²) >= 11 is 3.34. The first kappa shape index (κ1) is 21.3. The zero-order valence-electron chi connectivity index (χ0n) is 16.1. The van der Waals surface area contributed by atoms with Gasteiger partial charge in [0, 0.05) is 49.9 Å². The first-order valence-corrected chi connectivity index (χ1v) is 11.5. The quantitative estimate of drug-likeness (QED) is 0.678. The Bertz CT molecular complexity index is 865. The average Bonchev–Trinajstić information content (AvgIpc) is 2.69. The molecule has 1 saturated heterocycles. The van der Waals surface area contributed by atoms with Gasteiger partial charge in [0.25, 0.3) is 0 Å². The van der Waals surface area contributed by atoms with E-state index in [1.54, 1.807) is 24.3 Å². The summed E-state index contributed by atoms with van der Waals surface area (Å²) in [5.74, 6) is 0.